The zero-order chi connectivity index (χ0) is 14.6. The molecule has 0 aromatic heterocycles. The van der Waals surface area contributed by atoms with E-state index < -0.39 is 5.82 Å². The van der Waals surface area contributed by atoms with Gasteiger partial charge in [0.05, 0.1) is 26.4 Å². The minimum atomic E-state index is -0.406. The average molecular weight is 282 g/mol. The molecular formula is C15H19FO4. The summed E-state index contributed by atoms with van der Waals surface area (Å²) in [4.78, 5) is 0. The highest BCUT2D eigenvalue weighted by molar-refractivity contribution is 5.40. The molecule has 0 fully saturated rings. The first kappa shape index (κ1) is 16.4. The van der Waals surface area contributed by atoms with E-state index in [1.807, 2.05) is 0 Å². The molecule has 5 heteroatoms. The number of benzene rings is 1. The maximum atomic E-state index is 13.4. The van der Waals surface area contributed by atoms with Crippen molar-refractivity contribution in [1.82, 2.24) is 0 Å². The lowest BCUT2D eigenvalue weighted by atomic mass is 10.2. The van der Waals surface area contributed by atoms with E-state index in [1.165, 1.54) is 12.1 Å². The minimum Gasteiger partial charge on any atom is -0.491 e. The number of hydrogen-bond acceptors (Lipinski definition) is 4. The summed E-state index contributed by atoms with van der Waals surface area (Å²) in [6, 6.07) is 4.28. The fourth-order valence-electron chi connectivity index (χ4n) is 1.40. The minimum absolute atomic E-state index is 0.00944. The molecule has 0 amide bonds. The van der Waals surface area contributed by atoms with Crippen LogP contribution in [0.15, 0.2) is 18.2 Å². The Morgan fingerprint density at radius 2 is 1.95 bits per heavy atom. The molecule has 0 aliphatic rings. The van der Waals surface area contributed by atoms with Gasteiger partial charge in [-0.2, -0.15) is 0 Å². The predicted molar refractivity (Wildman–Crippen MR) is 73.2 cm³/mol. The fourth-order valence-corrected chi connectivity index (χ4v) is 1.40. The highest BCUT2D eigenvalue weighted by Gasteiger charge is 2.00. The van der Waals surface area contributed by atoms with Gasteiger partial charge in [-0.1, -0.05) is 11.8 Å². The van der Waals surface area contributed by atoms with Crippen molar-refractivity contribution in [1.29, 1.82) is 0 Å². The second-order valence-corrected chi connectivity index (χ2v) is 3.90. The third kappa shape index (κ3) is 7.10. The summed E-state index contributed by atoms with van der Waals surface area (Å²) in [5.41, 5.74) is 0.522. The van der Waals surface area contributed by atoms with Gasteiger partial charge in [0.25, 0.3) is 0 Å². The summed E-state index contributed by atoms with van der Waals surface area (Å²) in [7, 11) is 1.60. The molecule has 0 spiro atoms. The zero-order valence-electron chi connectivity index (χ0n) is 11.5. The van der Waals surface area contributed by atoms with Crippen LogP contribution in [-0.4, -0.2) is 45.3 Å². The topological polar surface area (TPSA) is 47.9 Å². The molecule has 0 atom stereocenters. The molecule has 1 aromatic carbocycles. The molecule has 0 radical (unpaired) electrons. The predicted octanol–water partition coefficient (Wildman–Crippen LogP) is 1.60. The molecule has 0 bridgehead atoms. The first-order valence-corrected chi connectivity index (χ1v) is 6.36. The Bertz CT molecular complexity index is 451. The molecule has 110 valence electrons. The van der Waals surface area contributed by atoms with Gasteiger partial charge in [0, 0.05) is 25.2 Å². The lowest BCUT2D eigenvalue weighted by Gasteiger charge is -2.07. The number of methoxy groups -OCH3 is 1. The van der Waals surface area contributed by atoms with Crippen molar-refractivity contribution >= 4 is 0 Å². The van der Waals surface area contributed by atoms with Crippen LogP contribution in [0.4, 0.5) is 4.39 Å². The molecule has 0 saturated carbocycles. The quantitative estimate of drug-likeness (QED) is 0.581. The zero-order valence-corrected chi connectivity index (χ0v) is 11.5. The molecule has 0 aliphatic carbocycles. The van der Waals surface area contributed by atoms with Crippen LogP contribution in [0.1, 0.15) is 12.0 Å². The normalized spacial score (nSPS) is 9.95. The van der Waals surface area contributed by atoms with E-state index in [0.717, 1.165) is 0 Å². The second-order valence-electron chi connectivity index (χ2n) is 3.90. The van der Waals surface area contributed by atoms with Crippen molar-refractivity contribution in [3.8, 4) is 17.6 Å². The second kappa shape index (κ2) is 10.2. The molecule has 1 rings (SSSR count). The van der Waals surface area contributed by atoms with Gasteiger partial charge in [-0.25, -0.2) is 4.39 Å². The maximum Gasteiger partial charge on any atom is 0.128 e. The van der Waals surface area contributed by atoms with Crippen molar-refractivity contribution in [2.45, 2.75) is 6.42 Å². The third-order valence-corrected chi connectivity index (χ3v) is 2.27. The number of aliphatic hydroxyl groups excluding tert-OH is 1. The number of ether oxygens (including phenoxy) is 3. The van der Waals surface area contributed by atoms with Crippen LogP contribution in [0, 0.1) is 17.7 Å². The van der Waals surface area contributed by atoms with Crippen LogP contribution < -0.4 is 4.74 Å². The van der Waals surface area contributed by atoms with Crippen LogP contribution in [0.3, 0.4) is 0 Å². The van der Waals surface area contributed by atoms with E-state index in [-0.39, 0.29) is 6.61 Å². The van der Waals surface area contributed by atoms with Crippen molar-refractivity contribution in [3.05, 3.63) is 29.6 Å². The van der Waals surface area contributed by atoms with Gasteiger partial charge in [-0.3, -0.25) is 0 Å². The third-order valence-electron chi connectivity index (χ3n) is 2.27. The van der Waals surface area contributed by atoms with Gasteiger partial charge in [0.2, 0.25) is 0 Å². The Morgan fingerprint density at radius 3 is 2.70 bits per heavy atom. The van der Waals surface area contributed by atoms with Gasteiger partial charge in [0.1, 0.15) is 18.2 Å². The Balaban J connectivity index is 2.43. The molecule has 1 N–H and O–H groups in total. The fraction of sp³-hybridized carbons (Fsp3) is 0.467. The highest BCUT2D eigenvalue weighted by atomic mass is 19.1. The Kier molecular flexibility index (Phi) is 8.40. The van der Waals surface area contributed by atoms with Crippen LogP contribution in [0.2, 0.25) is 0 Å². The van der Waals surface area contributed by atoms with E-state index in [1.54, 1.807) is 13.2 Å². The smallest absolute Gasteiger partial charge is 0.128 e. The molecule has 0 aliphatic heterocycles. The van der Waals surface area contributed by atoms with E-state index in [9.17, 15) is 4.39 Å². The Labute approximate surface area is 118 Å². The van der Waals surface area contributed by atoms with E-state index in [0.29, 0.717) is 44.2 Å². The largest absolute Gasteiger partial charge is 0.491 e. The molecule has 0 saturated heterocycles. The van der Waals surface area contributed by atoms with Crippen molar-refractivity contribution in [3.63, 3.8) is 0 Å². The van der Waals surface area contributed by atoms with Gasteiger partial charge in [-0.15, -0.1) is 0 Å². The van der Waals surface area contributed by atoms with Crippen LogP contribution in [-0.2, 0) is 9.47 Å². The van der Waals surface area contributed by atoms with Crippen LogP contribution >= 0.6 is 0 Å². The molecule has 0 unspecified atom stereocenters. The number of aliphatic hydroxyl groups is 1. The maximum absolute atomic E-state index is 13.4. The lowest BCUT2D eigenvalue weighted by molar-refractivity contribution is 0.0544. The molecule has 4 nitrogen and oxygen atoms in total. The molecule has 20 heavy (non-hydrogen) atoms. The molecular weight excluding hydrogens is 263 g/mol. The summed E-state index contributed by atoms with van der Waals surface area (Å²) in [6.45, 7) is 1.76. The number of halogens is 1. The van der Waals surface area contributed by atoms with Crippen molar-refractivity contribution < 1.29 is 23.7 Å². The van der Waals surface area contributed by atoms with Crippen molar-refractivity contribution in [2.75, 3.05) is 40.1 Å². The van der Waals surface area contributed by atoms with Gasteiger partial charge < -0.3 is 19.3 Å². The monoisotopic (exact) mass is 282 g/mol. The summed E-state index contributed by atoms with van der Waals surface area (Å²) < 4.78 is 28.8. The van der Waals surface area contributed by atoms with Crippen LogP contribution in [0.5, 0.6) is 5.75 Å². The van der Waals surface area contributed by atoms with Gasteiger partial charge >= 0.3 is 0 Å². The SMILES string of the molecule is COCCOCCOc1cc(F)cc(C#CCCO)c1. The summed E-state index contributed by atoms with van der Waals surface area (Å²) in [6.07, 6.45) is 0.361. The summed E-state index contributed by atoms with van der Waals surface area (Å²) in [5, 5.41) is 8.63. The average Bonchev–Trinajstić information content (AvgIpc) is 2.42. The van der Waals surface area contributed by atoms with E-state index >= 15 is 0 Å². The Hall–Kier alpha value is -1.61. The van der Waals surface area contributed by atoms with E-state index in [4.69, 9.17) is 19.3 Å². The summed E-state index contributed by atoms with van der Waals surface area (Å²) in [5.74, 6) is 5.51. The van der Waals surface area contributed by atoms with Gasteiger partial charge in [-0.05, 0) is 12.1 Å². The lowest BCUT2D eigenvalue weighted by Crippen LogP contribution is -2.10. The van der Waals surface area contributed by atoms with Crippen molar-refractivity contribution in [2.24, 2.45) is 0 Å². The first-order chi connectivity index (χ1) is 9.76. The van der Waals surface area contributed by atoms with Gasteiger partial charge in [0.15, 0.2) is 0 Å². The highest BCUT2D eigenvalue weighted by Crippen LogP contribution is 2.15. The first-order valence-electron chi connectivity index (χ1n) is 6.36. The van der Waals surface area contributed by atoms with Crippen LogP contribution in [0.25, 0.3) is 0 Å². The standard InChI is InChI=1S/C15H19FO4/c1-18-6-7-19-8-9-20-15-11-13(4-2-3-5-17)10-14(16)12-15/h10-12,17H,3,5-9H2,1H3. The number of rotatable bonds is 8. The Morgan fingerprint density at radius 1 is 1.15 bits per heavy atom. The molecule has 0 heterocycles. The van der Waals surface area contributed by atoms with E-state index in [2.05, 4.69) is 11.8 Å². The number of hydrogen-bond donors (Lipinski definition) is 1. The summed E-state index contributed by atoms with van der Waals surface area (Å²) >= 11 is 0. The molecule has 1 aromatic rings.